The van der Waals surface area contributed by atoms with E-state index in [9.17, 15) is 43.3 Å². The van der Waals surface area contributed by atoms with E-state index >= 15 is 0 Å². The second-order valence-corrected chi connectivity index (χ2v) is 61.2. The van der Waals surface area contributed by atoms with Gasteiger partial charge in [0.05, 0.1) is 113 Å². The molecule has 11 rings (SSSR count). The van der Waals surface area contributed by atoms with Gasteiger partial charge in [0.25, 0.3) is 16.7 Å². The van der Waals surface area contributed by atoms with Gasteiger partial charge in [-0.25, -0.2) is 24.0 Å². The number of nitroso groups, excluding NO2 is 1. The molecule has 7 aromatic heterocycles. The van der Waals surface area contributed by atoms with E-state index in [0.717, 1.165) is 70.1 Å². The minimum Gasteiger partial charge on any atom is -1.00 e. The van der Waals surface area contributed by atoms with E-state index in [4.69, 9.17) is 59.0 Å². The molecular formula is C97H152FIN11NaO18S4Si4. The number of aryl methyl sites for hydroxylation is 9. The van der Waals surface area contributed by atoms with Crippen LogP contribution in [0, 0.1) is 55.3 Å². The number of nitrogen functional groups attached to an aromatic ring is 1. The van der Waals surface area contributed by atoms with Crippen LogP contribution < -0.4 is 74.8 Å². The van der Waals surface area contributed by atoms with Crippen LogP contribution in [0.25, 0.3) is 30.6 Å². The van der Waals surface area contributed by atoms with Crippen molar-refractivity contribution in [3.63, 3.8) is 0 Å². The third kappa shape index (κ3) is 42.9. The van der Waals surface area contributed by atoms with E-state index in [1.807, 2.05) is 97.7 Å². The number of nitrogens with two attached hydrogens (primary N) is 2. The summed E-state index contributed by atoms with van der Waals surface area (Å²) in [7, 11) is -6.96. The van der Waals surface area contributed by atoms with Gasteiger partial charge in [0.2, 0.25) is 0 Å². The SMILES string of the molecule is C1COCCO1.CC#N.CC(C)(C)[Si](C)(C)OCCN.CC(C)(C)[Si](C)(C)OCCN=O.CCOC(=O)C#N.CCOC(=O)c1c(C)csc1N.Cc1csc2[nH]c(=O)n(CCO[Si](C)(C)C(C)(C)C)c(=O)c12.Cc1csc2c1c(=O)n(CCO)c(=O)n2CCc1ccccc1.Cc1csc2c1c(=O)n(CCO[Si](C)(C)C(C)(C)C)c(=O)n2CCc1ccccc1.F.ICCc1ccccc1.[H-].[Na+]. The fraction of sp³-hybridized carbons (Fsp3) is 0.546. The zero-order valence-corrected chi connectivity index (χ0v) is 97.5. The quantitative estimate of drug-likeness (QED) is 0.00673. The van der Waals surface area contributed by atoms with E-state index in [2.05, 4.69) is 215 Å². The van der Waals surface area contributed by atoms with Gasteiger partial charge in [-0.1, -0.05) is 202 Å². The number of hydrogen-bond donors (Lipinski definition) is 4. The number of anilines is 1. The minimum atomic E-state index is -1.94. The number of hydrogen-bond acceptors (Lipinski definition) is 27. The monoisotopic (exact) mass is 2170 g/mol. The summed E-state index contributed by atoms with van der Waals surface area (Å²) in [5.41, 5.74) is 17.1. The zero-order valence-electron chi connectivity index (χ0n) is 87.1. The number of rotatable bonds is 28. The fourth-order valence-electron chi connectivity index (χ4n) is 11.3. The van der Waals surface area contributed by atoms with Crippen molar-refractivity contribution in [2.45, 2.75) is 256 Å². The van der Waals surface area contributed by atoms with Crippen molar-refractivity contribution in [2.75, 3.05) is 95.9 Å². The van der Waals surface area contributed by atoms with Gasteiger partial charge >= 0.3 is 58.6 Å². The first-order valence-electron chi connectivity index (χ1n) is 45.2. The molecule has 1 aliphatic rings. The molecule has 8 heterocycles. The van der Waals surface area contributed by atoms with Gasteiger partial charge in [-0.2, -0.15) is 15.4 Å². The molecule has 6 N–H and O–H groups in total. The molecule has 1 saturated heterocycles. The summed E-state index contributed by atoms with van der Waals surface area (Å²) < 4.78 is 51.0. The Balaban J connectivity index is 0. The summed E-state index contributed by atoms with van der Waals surface area (Å²) in [6.45, 7) is 64.1. The first-order valence-corrected chi connectivity index (χ1v) is 61.8. The van der Waals surface area contributed by atoms with Crippen LogP contribution in [0.4, 0.5) is 9.71 Å². The number of thiophene rings is 4. The van der Waals surface area contributed by atoms with Crippen LogP contribution in [0.15, 0.2) is 146 Å². The Morgan fingerprint density at radius 1 is 0.518 bits per heavy atom. The second kappa shape index (κ2) is 63.7. The summed E-state index contributed by atoms with van der Waals surface area (Å²) >= 11 is 8.03. The van der Waals surface area contributed by atoms with Crippen LogP contribution in [0.3, 0.4) is 0 Å². The Bertz CT molecular complexity index is 5720. The van der Waals surface area contributed by atoms with Crippen LogP contribution in [0.5, 0.6) is 0 Å². The number of aliphatic hydroxyl groups excluding tert-OH is 1. The number of aromatic nitrogens is 6. The van der Waals surface area contributed by atoms with E-state index < -0.39 is 39.2 Å². The van der Waals surface area contributed by atoms with Crippen LogP contribution in [-0.4, -0.2) is 168 Å². The maximum Gasteiger partial charge on any atom is 1.00 e. The van der Waals surface area contributed by atoms with Crippen LogP contribution >= 0.6 is 67.9 Å². The maximum absolute atomic E-state index is 13.3. The molecule has 758 valence electrons. The van der Waals surface area contributed by atoms with Crippen LogP contribution in [-0.2, 0) is 93.4 Å². The molecule has 0 unspecified atom stereocenters. The van der Waals surface area contributed by atoms with Gasteiger partial charge < -0.3 is 54.7 Å². The summed E-state index contributed by atoms with van der Waals surface area (Å²) in [5, 5.41) is 37.7. The van der Waals surface area contributed by atoms with Gasteiger partial charge in [0.15, 0.2) is 39.3 Å². The third-order valence-electron chi connectivity index (χ3n) is 23.2. The first-order chi connectivity index (χ1) is 63.1. The predicted molar refractivity (Wildman–Crippen MR) is 579 cm³/mol. The van der Waals surface area contributed by atoms with Crippen molar-refractivity contribution in [3.8, 4) is 12.1 Å². The van der Waals surface area contributed by atoms with E-state index in [1.54, 1.807) is 29.1 Å². The molecule has 29 nitrogen and oxygen atoms in total. The van der Waals surface area contributed by atoms with Gasteiger partial charge in [0.1, 0.15) is 26.0 Å². The number of nitriles is 2. The number of nitrogens with one attached hydrogen (secondary N) is 1. The topological polar surface area (TPSA) is 400 Å². The summed E-state index contributed by atoms with van der Waals surface area (Å²) in [6.07, 6.45) is 2.65. The Morgan fingerprint density at radius 2 is 0.861 bits per heavy atom. The summed E-state index contributed by atoms with van der Waals surface area (Å²) in [6, 6.07) is 33.6. The van der Waals surface area contributed by atoms with Gasteiger partial charge in [-0.3, -0.25) is 46.9 Å². The maximum atomic E-state index is 13.3. The molecule has 1 fully saturated rings. The average molecular weight is 2170 g/mol. The van der Waals surface area contributed by atoms with Gasteiger partial charge in [-0.15, -0.1) is 45.3 Å². The van der Waals surface area contributed by atoms with Gasteiger partial charge in [0, 0.05) is 37.6 Å². The van der Waals surface area contributed by atoms with Gasteiger partial charge in [-0.05, 0) is 194 Å². The molecule has 0 saturated carbocycles. The number of halogens is 2. The fourth-order valence-corrected chi connectivity index (χ4v) is 20.0. The van der Waals surface area contributed by atoms with Crippen molar-refractivity contribution in [1.29, 1.82) is 10.5 Å². The van der Waals surface area contributed by atoms with Crippen molar-refractivity contribution in [3.05, 3.63) is 224 Å². The number of H-pyrrole nitrogens is 1. The van der Waals surface area contributed by atoms with Crippen molar-refractivity contribution < 1.29 is 87.0 Å². The minimum absolute atomic E-state index is 0. The normalized spacial score (nSPS) is 11.9. The second-order valence-electron chi connectivity index (χ2n) is 37.3. The molecule has 0 spiro atoms. The molecule has 1 aliphatic heterocycles. The Labute approximate surface area is 866 Å². The number of carbonyl (C=O) groups is 2. The number of alkyl halides is 1. The van der Waals surface area contributed by atoms with E-state index in [0.29, 0.717) is 101 Å². The molecule has 3 aromatic carbocycles. The molecule has 40 heteroatoms. The van der Waals surface area contributed by atoms with Crippen molar-refractivity contribution >= 4 is 149 Å². The van der Waals surface area contributed by atoms with Crippen molar-refractivity contribution in [1.82, 2.24) is 27.8 Å². The number of ether oxygens (including phenoxy) is 4. The summed E-state index contributed by atoms with van der Waals surface area (Å²) in [5.74, 6) is -1.14. The zero-order chi connectivity index (χ0) is 102. The molecule has 137 heavy (non-hydrogen) atoms. The molecule has 0 bridgehead atoms. The smallest absolute Gasteiger partial charge is 1.00 e. The molecule has 10 aromatic rings. The molecule has 0 amide bonds. The van der Waals surface area contributed by atoms with Crippen LogP contribution in [0.1, 0.15) is 155 Å². The largest absolute Gasteiger partial charge is 1.00 e. The molecule has 0 atom stereocenters. The number of aliphatic hydroxyl groups is 1. The number of esters is 2. The predicted octanol–water partition coefficient (Wildman–Crippen LogP) is 16.8. The number of aromatic amines is 1. The summed E-state index contributed by atoms with van der Waals surface area (Å²) in [4.78, 5) is 112. The molecule has 0 aliphatic carbocycles. The Kier molecular flexibility index (Phi) is 60.3. The standard InChI is InChI=1S/C23H32N2O3SSi.C17H18N2O3S.C15H24N2O3SSi.C8H9I.C8H11NO2S.C8H19NO2Si.C8H21NOSi.C4H5NO2.C4H8O2.C2H3N.FH.Na.H/c1-17-16-29-21-19(17)20(26)24(14-15-28-30(5,6)23(2,3)4)22(27)25(21)13-12-18-10-8-7-9-11-18;1-12-11-23-16-14(12)15(21)18(9-10-20)17(22)19(16)8-7-13-5-3-2-4-6-13;1-10-9-21-12-11(10)13(18)17(14(19)16-12)7-8-20-22(5,6)15(2,3)4;9-7-6-8-4-2-1-3-5-8;1-3-11-8(10)6-5(2)4-12-7(6)9;1-8(2,3)12(4,5)11-7-6-9-10;1-8(2,3)11(4,5)10-7-6-9;1-2-7-4(6)3-5;1-2-6-4-3-5-1;1-2-3;;;/h7-11,16H,12-15H2,1-6H3;2-6,11,20H,7-10H2,1H3;9H,7-8H2,1-6H3,(H,16,19);1-5H,6-7H2;4H,3,9H2,1-2H3;6-7H2,1-5H3;6-7,9H2,1-5H3;2H2,1H3;1-4H2;1H3;1H;;/q;;;;;;;;;;;+1;-1. The average Bonchev–Trinajstić information content (AvgIpc) is 1.64. The van der Waals surface area contributed by atoms with E-state index in [1.165, 1.54) is 89.4 Å². The third-order valence-corrected chi connectivity index (χ3v) is 46.1. The number of carbonyl (C=O) groups excluding carboxylic acids is 2. The Hall–Kier alpha value is -7.19. The number of nitrogens with zero attached hydrogens (tertiary/aromatic N) is 8. The first kappa shape index (κ1) is 130. The van der Waals surface area contributed by atoms with Crippen LogP contribution in [0.2, 0.25) is 72.5 Å². The van der Waals surface area contributed by atoms with Crippen molar-refractivity contribution in [2.24, 2.45) is 10.9 Å². The number of benzene rings is 3. The molecular weight excluding hydrogens is 2020 g/mol. The Morgan fingerprint density at radius 3 is 1.19 bits per heavy atom. The molecule has 0 radical (unpaired) electrons. The number of fused-ring (bicyclic) bond motifs is 3. The van der Waals surface area contributed by atoms with E-state index in [-0.39, 0.29) is 130 Å².